The number of amides is 2. The van der Waals surface area contributed by atoms with Crippen molar-refractivity contribution in [3.8, 4) is 16.9 Å². The molecule has 8 nitrogen and oxygen atoms in total. The lowest BCUT2D eigenvalue weighted by molar-refractivity contribution is -0.132. The molecule has 31 heavy (non-hydrogen) atoms. The molecule has 2 aromatic rings. The molecule has 8 heteroatoms. The van der Waals surface area contributed by atoms with Crippen LogP contribution in [0.3, 0.4) is 0 Å². The van der Waals surface area contributed by atoms with Crippen LogP contribution in [0.2, 0.25) is 0 Å². The maximum absolute atomic E-state index is 12.6. The predicted molar refractivity (Wildman–Crippen MR) is 117 cm³/mol. The summed E-state index contributed by atoms with van der Waals surface area (Å²) in [5.41, 5.74) is 3.50. The molecular formula is C23H30N4O4. The topological polar surface area (TPSA) is 87.9 Å². The molecule has 2 aliphatic rings. The number of anilines is 1. The number of benzene rings is 1. The number of aliphatic hydroxyl groups excluding tert-OH is 1. The number of hydrogen-bond donors (Lipinski definition) is 1. The van der Waals surface area contributed by atoms with Crippen LogP contribution in [0.15, 0.2) is 24.5 Å². The van der Waals surface area contributed by atoms with Gasteiger partial charge < -0.3 is 19.6 Å². The first-order valence-corrected chi connectivity index (χ1v) is 11.0. The van der Waals surface area contributed by atoms with E-state index in [1.54, 1.807) is 17.8 Å². The van der Waals surface area contributed by atoms with Crippen LogP contribution in [0.25, 0.3) is 11.1 Å². The number of aliphatic hydroxyl groups is 1. The van der Waals surface area contributed by atoms with Gasteiger partial charge in [0.2, 0.25) is 5.91 Å². The van der Waals surface area contributed by atoms with E-state index >= 15 is 0 Å². The third kappa shape index (κ3) is 4.30. The smallest absolute Gasteiger partial charge is 0.260 e. The van der Waals surface area contributed by atoms with Crippen molar-refractivity contribution in [2.75, 3.05) is 31.2 Å². The number of aromatic nitrogens is 2. The quantitative estimate of drug-likeness (QED) is 0.765. The van der Waals surface area contributed by atoms with Crippen molar-refractivity contribution in [2.45, 2.75) is 52.1 Å². The van der Waals surface area contributed by atoms with Gasteiger partial charge in [-0.3, -0.25) is 14.3 Å². The minimum atomic E-state index is -0.0240. The second-order valence-corrected chi connectivity index (χ2v) is 8.31. The van der Waals surface area contributed by atoms with Crippen molar-refractivity contribution < 1.29 is 19.4 Å². The standard InChI is InChI=1S/C23H30N4O4/c1-16-5-6-20-21(27(16)17(2)29)8-7-19(18-13-24-26(14-18)11-12-28)23(20)31-15-22(30)25-9-3-4-10-25/h7-8,13-14,16,28H,3-6,9-12,15H2,1-2H3. The predicted octanol–water partition coefficient (Wildman–Crippen LogP) is 2.23. The van der Waals surface area contributed by atoms with Gasteiger partial charge in [0.05, 0.1) is 25.0 Å². The fraction of sp³-hybridized carbons (Fsp3) is 0.522. The summed E-state index contributed by atoms with van der Waals surface area (Å²) in [4.78, 5) is 28.6. The van der Waals surface area contributed by atoms with Crippen LogP contribution in [0.4, 0.5) is 5.69 Å². The SMILES string of the molecule is CC(=O)N1c2ccc(-c3cnn(CCO)c3)c(OCC(=O)N3CCCC3)c2CCC1C. The molecule has 1 atom stereocenters. The summed E-state index contributed by atoms with van der Waals surface area (Å²) in [6, 6.07) is 4.01. The average molecular weight is 427 g/mol. The van der Waals surface area contributed by atoms with E-state index in [4.69, 9.17) is 4.74 Å². The molecule has 0 spiro atoms. The van der Waals surface area contributed by atoms with E-state index in [9.17, 15) is 14.7 Å². The van der Waals surface area contributed by atoms with E-state index in [0.29, 0.717) is 12.3 Å². The molecule has 0 bridgehead atoms. The zero-order valence-corrected chi connectivity index (χ0v) is 18.2. The normalized spacial score (nSPS) is 18.2. The van der Waals surface area contributed by atoms with Crippen LogP contribution in [0, 0.1) is 0 Å². The van der Waals surface area contributed by atoms with Crippen molar-refractivity contribution >= 4 is 17.5 Å². The molecule has 2 amide bonds. The van der Waals surface area contributed by atoms with Gasteiger partial charge >= 0.3 is 0 Å². The zero-order valence-electron chi connectivity index (χ0n) is 18.2. The highest BCUT2D eigenvalue weighted by atomic mass is 16.5. The van der Waals surface area contributed by atoms with Crippen LogP contribution in [-0.2, 0) is 22.6 Å². The Morgan fingerprint density at radius 2 is 2.03 bits per heavy atom. The molecule has 0 saturated carbocycles. The molecule has 0 radical (unpaired) electrons. The first-order valence-electron chi connectivity index (χ1n) is 11.0. The molecule has 1 unspecified atom stereocenters. The van der Waals surface area contributed by atoms with E-state index < -0.39 is 0 Å². The lowest BCUT2D eigenvalue weighted by Crippen LogP contribution is -2.41. The molecule has 1 aromatic heterocycles. The zero-order chi connectivity index (χ0) is 22.0. The molecule has 166 valence electrons. The maximum Gasteiger partial charge on any atom is 0.260 e. The Balaban J connectivity index is 1.71. The Labute approximate surface area is 182 Å². The Kier molecular flexibility index (Phi) is 6.27. The van der Waals surface area contributed by atoms with Crippen molar-refractivity contribution in [1.82, 2.24) is 14.7 Å². The highest BCUT2D eigenvalue weighted by Crippen LogP contribution is 2.43. The van der Waals surface area contributed by atoms with Crippen LogP contribution in [0.5, 0.6) is 5.75 Å². The average Bonchev–Trinajstić information content (AvgIpc) is 3.44. The Morgan fingerprint density at radius 3 is 2.74 bits per heavy atom. The van der Waals surface area contributed by atoms with Crippen LogP contribution in [-0.4, -0.2) is 63.9 Å². The molecule has 1 saturated heterocycles. The van der Waals surface area contributed by atoms with Gasteiger partial charge in [-0.25, -0.2) is 0 Å². The summed E-state index contributed by atoms with van der Waals surface area (Å²) in [5.74, 6) is 0.632. The monoisotopic (exact) mass is 426 g/mol. The summed E-state index contributed by atoms with van der Waals surface area (Å²) in [7, 11) is 0. The van der Waals surface area contributed by atoms with E-state index in [-0.39, 0.29) is 31.1 Å². The van der Waals surface area contributed by atoms with E-state index in [1.165, 1.54) is 0 Å². The van der Waals surface area contributed by atoms with Crippen molar-refractivity contribution in [3.63, 3.8) is 0 Å². The maximum atomic E-state index is 12.6. The summed E-state index contributed by atoms with van der Waals surface area (Å²) in [5, 5.41) is 13.5. The first-order chi connectivity index (χ1) is 15.0. The first kappa shape index (κ1) is 21.4. The second kappa shape index (κ2) is 9.09. The van der Waals surface area contributed by atoms with E-state index in [0.717, 1.165) is 61.2 Å². The molecule has 1 N–H and O–H groups in total. The van der Waals surface area contributed by atoms with Gasteiger partial charge in [-0.1, -0.05) is 0 Å². The lowest BCUT2D eigenvalue weighted by Gasteiger charge is -2.36. The molecule has 4 rings (SSSR count). The highest BCUT2D eigenvalue weighted by Gasteiger charge is 2.30. The summed E-state index contributed by atoms with van der Waals surface area (Å²) in [6.07, 6.45) is 7.27. The summed E-state index contributed by atoms with van der Waals surface area (Å²) < 4.78 is 7.86. The minimum absolute atomic E-state index is 0.00365. The lowest BCUT2D eigenvalue weighted by atomic mass is 9.92. The number of nitrogens with zero attached hydrogens (tertiary/aromatic N) is 4. The van der Waals surface area contributed by atoms with Crippen LogP contribution >= 0.6 is 0 Å². The number of hydrogen-bond acceptors (Lipinski definition) is 5. The number of carbonyl (C=O) groups excluding carboxylic acids is 2. The molecule has 0 aliphatic carbocycles. The fourth-order valence-corrected chi connectivity index (χ4v) is 4.60. The third-order valence-electron chi connectivity index (χ3n) is 6.16. The third-order valence-corrected chi connectivity index (χ3v) is 6.16. The second-order valence-electron chi connectivity index (χ2n) is 8.31. The van der Waals surface area contributed by atoms with Gasteiger partial charge in [0, 0.05) is 48.9 Å². The minimum Gasteiger partial charge on any atom is -0.483 e. The number of rotatable bonds is 6. The van der Waals surface area contributed by atoms with Crippen LogP contribution in [0.1, 0.15) is 38.7 Å². The molecule has 1 fully saturated rings. The number of ether oxygens (including phenoxy) is 1. The van der Waals surface area contributed by atoms with E-state index in [1.807, 2.05) is 28.1 Å². The largest absolute Gasteiger partial charge is 0.483 e. The van der Waals surface area contributed by atoms with Gasteiger partial charge in [-0.05, 0) is 44.7 Å². The molecule has 2 aliphatic heterocycles. The highest BCUT2D eigenvalue weighted by molar-refractivity contribution is 5.95. The van der Waals surface area contributed by atoms with Crippen molar-refractivity contribution in [3.05, 3.63) is 30.1 Å². The molecule has 3 heterocycles. The van der Waals surface area contributed by atoms with Crippen molar-refractivity contribution in [2.24, 2.45) is 0 Å². The number of fused-ring (bicyclic) bond motifs is 1. The Morgan fingerprint density at radius 1 is 1.26 bits per heavy atom. The van der Waals surface area contributed by atoms with Crippen LogP contribution < -0.4 is 9.64 Å². The molecular weight excluding hydrogens is 396 g/mol. The number of carbonyl (C=O) groups is 2. The Bertz CT molecular complexity index is 964. The summed E-state index contributed by atoms with van der Waals surface area (Å²) >= 11 is 0. The van der Waals surface area contributed by atoms with E-state index in [2.05, 4.69) is 12.0 Å². The molecule has 1 aromatic carbocycles. The van der Waals surface area contributed by atoms with Gasteiger partial charge in [0.15, 0.2) is 6.61 Å². The van der Waals surface area contributed by atoms with Gasteiger partial charge in [-0.15, -0.1) is 0 Å². The summed E-state index contributed by atoms with van der Waals surface area (Å²) in [6.45, 7) is 5.58. The van der Waals surface area contributed by atoms with Gasteiger partial charge in [0.25, 0.3) is 5.91 Å². The van der Waals surface area contributed by atoms with Gasteiger partial charge in [0.1, 0.15) is 5.75 Å². The Hall–Kier alpha value is -2.87. The fourth-order valence-electron chi connectivity index (χ4n) is 4.60. The number of likely N-dealkylation sites (tertiary alicyclic amines) is 1. The van der Waals surface area contributed by atoms with Gasteiger partial charge in [-0.2, -0.15) is 5.10 Å². The van der Waals surface area contributed by atoms with Crippen molar-refractivity contribution in [1.29, 1.82) is 0 Å².